The Balaban J connectivity index is 2.93. The molecule has 0 saturated heterocycles. The molecule has 0 saturated carbocycles. The van der Waals surface area contributed by atoms with Gasteiger partial charge in [-0.05, 0) is 34.1 Å². The van der Waals surface area contributed by atoms with E-state index in [-0.39, 0.29) is 0 Å². The predicted molar refractivity (Wildman–Crippen MR) is 47.2 cm³/mol. The lowest BCUT2D eigenvalue weighted by atomic mass is 10.3. The summed E-state index contributed by atoms with van der Waals surface area (Å²) in [7, 11) is 2.02. The van der Waals surface area contributed by atoms with Gasteiger partial charge in [-0.25, -0.2) is 9.55 Å². The monoisotopic (exact) mass is 211 g/mol. The van der Waals surface area contributed by atoms with Crippen LogP contribution in [0.2, 0.25) is 0 Å². The maximum atomic E-state index is 3.44. The zero-order valence-corrected chi connectivity index (χ0v) is 7.72. The molecule has 56 valence electrons. The van der Waals surface area contributed by atoms with Crippen molar-refractivity contribution in [2.24, 2.45) is 7.05 Å². The summed E-state index contributed by atoms with van der Waals surface area (Å²) in [5, 5.41) is 1.23. The van der Waals surface area contributed by atoms with Crippen LogP contribution in [0, 0.1) is 0 Å². The number of halogens is 1. The van der Waals surface area contributed by atoms with Gasteiger partial charge in [-0.1, -0.05) is 0 Å². The van der Waals surface area contributed by atoms with E-state index in [1.807, 2.05) is 19.3 Å². The molecule has 0 aromatic carbocycles. The Kier molecular flexibility index (Phi) is 1.46. The number of rotatable bonds is 0. The smallest absolute Gasteiger partial charge is 0.247 e. The number of aromatic nitrogens is 2. The molecule has 0 aliphatic heterocycles. The molecule has 2 aromatic rings. The van der Waals surface area contributed by atoms with Crippen molar-refractivity contribution in [3.8, 4) is 0 Å². The Morgan fingerprint density at radius 1 is 1.36 bits per heavy atom. The SMILES string of the molecule is C[n+]1c(Br)ccc2cc[nH]c21. The van der Waals surface area contributed by atoms with Gasteiger partial charge in [0, 0.05) is 0 Å². The van der Waals surface area contributed by atoms with Crippen LogP contribution in [0.4, 0.5) is 0 Å². The average molecular weight is 212 g/mol. The van der Waals surface area contributed by atoms with Crippen LogP contribution in [0.1, 0.15) is 0 Å². The second-order valence-corrected chi connectivity index (χ2v) is 3.31. The Hall–Kier alpha value is -0.830. The third-order valence-corrected chi connectivity index (χ3v) is 2.61. The first-order valence-corrected chi connectivity index (χ1v) is 4.20. The molecule has 0 unspecified atom stereocenters. The molecule has 11 heavy (non-hydrogen) atoms. The number of pyridine rings is 1. The van der Waals surface area contributed by atoms with E-state index in [9.17, 15) is 0 Å². The van der Waals surface area contributed by atoms with Crippen molar-refractivity contribution < 1.29 is 4.57 Å². The van der Waals surface area contributed by atoms with Crippen LogP contribution in [-0.2, 0) is 7.05 Å². The molecule has 2 heterocycles. The van der Waals surface area contributed by atoms with Gasteiger partial charge in [0.25, 0.3) is 5.65 Å². The Bertz CT molecular complexity index is 392. The van der Waals surface area contributed by atoms with Gasteiger partial charge < -0.3 is 0 Å². The molecule has 2 nitrogen and oxygen atoms in total. The first-order valence-electron chi connectivity index (χ1n) is 3.40. The highest BCUT2D eigenvalue weighted by Crippen LogP contribution is 2.10. The number of hydrogen-bond acceptors (Lipinski definition) is 0. The van der Waals surface area contributed by atoms with Crippen LogP contribution in [0.25, 0.3) is 11.0 Å². The minimum atomic E-state index is 1.08. The van der Waals surface area contributed by atoms with Gasteiger partial charge in [0.15, 0.2) is 4.60 Å². The summed E-state index contributed by atoms with van der Waals surface area (Å²) in [6.07, 6.45) is 1.94. The van der Waals surface area contributed by atoms with E-state index in [2.05, 4.69) is 37.6 Å². The first-order chi connectivity index (χ1) is 5.29. The van der Waals surface area contributed by atoms with E-state index in [1.165, 1.54) is 5.39 Å². The maximum absolute atomic E-state index is 3.44. The second kappa shape index (κ2) is 2.34. The molecule has 2 rings (SSSR count). The molecule has 0 bridgehead atoms. The molecule has 0 aliphatic carbocycles. The van der Waals surface area contributed by atoms with Crippen LogP contribution >= 0.6 is 15.9 Å². The molecule has 2 aromatic heterocycles. The minimum absolute atomic E-state index is 1.08. The van der Waals surface area contributed by atoms with Gasteiger partial charge in [0.2, 0.25) is 0 Å². The van der Waals surface area contributed by atoms with Crippen molar-refractivity contribution in [1.82, 2.24) is 4.98 Å². The topological polar surface area (TPSA) is 19.7 Å². The summed E-state index contributed by atoms with van der Waals surface area (Å²) >= 11 is 3.44. The molecule has 3 heteroatoms. The highest BCUT2D eigenvalue weighted by atomic mass is 79.9. The molecule has 0 radical (unpaired) electrons. The molecule has 1 N–H and O–H groups in total. The maximum Gasteiger partial charge on any atom is 0.287 e. The highest BCUT2D eigenvalue weighted by molar-refractivity contribution is 9.10. The van der Waals surface area contributed by atoms with E-state index in [0.29, 0.717) is 0 Å². The van der Waals surface area contributed by atoms with E-state index in [0.717, 1.165) is 10.3 Å². The normalized spacial score (nSPS) is 10.7. The quantitative estimate of drug-likeness (QED) is 0.507. The zero-order chi connectivity index (χ0) is 7.84. The second-order valence-electron chi connectivity index (χ2n) is 2.50. The number of fused-ring (bicyclic) bond motifs is 1. The van der Waals surface area contributed by atoms with Crippen LogP contribution in [0.5, 0.6) is 0 Å². The van der Waals surface area contributed by atoms with Crippen molar-refractivity contribution in [1.29, 1.82) is 0 Å². The Labute approximate surface area is 73.0 Å². The number of aryl methyl sites for hydroxylation is 1. The fourth-order valence-electron chi connectivity index (χ4n) is 1.17. The van der Waals surface area contributed by atoms with Gasteiger partial charge in [0.05, 0.1) is 18.6 Å². The largest absolute Gasteiger partial charge is 0.287 e. The summed E-state index contributed by atoms with van der Waals surface area (Å²) in [5.41, 5.74) is 1.14. The standard InChI is InChI=1S/C8H7BrN2/c1-11-7(9)3-2-6-4-5-10-8(6)11/h2-5H,1H3/p+1. The lowest BCUT2D eigenvalue weighted by Crippen LogP contribution is -2.30. The molecule has 0 atom stereocenters. The summed E-state index contributed by atoms with van der Waals surface area (Å²) in [4.78, 5) is 3.16. The van der Waals surface area contributed by atoms with Gasteiger partial charge in [-0.2, -0.15) is 0 Å². The fraction of sp³-hybridized carbons (Fsp3) is 0.125. The lowest BCUT2D eigenvalue weighted by molar-refractivity contribution is -0.658. The number of nitrogens with one attached hydrogen (secondary N) is 1. The molecule has 0 aliphatic rings. The van der Waals surface area contributed by atoms with E-state index in [4.69, 9.17) is 0 Å². The molecule has 0 spiro atoms. The van der Waals surface area contributed by atoms with Crippen molar-refractivity contribution in [2.45, 2.75) is 0 Å². The average Bonchev–Trinajstić information content (AvgIpc) is 2.45. The van der Waals surface area contributed by atoms with E-state index >= 15 is 0 Å². The lowest BCUT2D eigenvalue weighted by Gasteiger charge is -1.94. The molecule has 0 fully saturated rings. The van der Waals surface area contributed by atoms with Crippen molar-refractivity contribution >= 4 is 27.0 Å². The van der Waals surface area contributed by atoms with Crippen LogP contribution in [-0.4, -0.2) is 4.98 Å². The van der Waals surface area contributed by atoms with Crippen LogP contribution in [0.3, 0.4) is 0 Å². The number of H-pyrrole nitrogens is 1. The number of aromatic amines is 1. The van der Waals surface area contributed by atoms with E-state index < -0.39 is 0 Å². The van der Waals surface area contributed by atoms with Crippen molar-refractivity contribution in [2.75, 3.05) is 0 Å². The summed E-state index contributed by atoms with van der Waals surface area (Å²) in [6.45, 7) is 0. The van der Waals surface area contributed by atoms with Gasteiger partial charge in [0.1, 0.15) is 0 Å². The summed E-state index contributed by atoms with van der Waals surface area (Å²) < 4.78 is 3.14. The van der Waals surface area contributed by atoms with Crippen LogP contribution < -0.4 is 4.57 Å². The molecular weight excluding hydrogens is 204 g/mol. The molecular formula is C8H8BrN2+. The van der Waals surface area contributed by atoms with E-state index in [1.54, 1.807) is 0 Å². The summed E-state index contributed by atoms with van der Waals surface area (Å²) in [6, 6.07) is 6.17. The van der Waals surface area contributed by atoms with Crippen molar-refractivity contribution in [3.63, 3.8) is 0 Å². The number of hydrogen-bond donors (Lipinski definition) is 1. The molecule has 0 amide bonds. The van der Waals surface area contributed by atoms with Gasteiger partial charge in [-0.3, -0.25) is 0 Å². The van der Waals surface area contributed by atoms with Crippen LogP contribution in [0.15, 0.2) is 29.0 Å². The minimum Gasteiger partial charge on any atom is -0.247 e. The number of nitrogens with zero attached hydrogens (tertiary/aromatic N) is 1. The zero-order valence-electron chi connectivity index (χ0n) is 6.13. The summed E-state index contributed by atoms with van der Waals surface area (Å²) in [5.74, 6) is 0. The fourth-order valence-corrected chi connectivity index (χ4v) is 1.48. The van der Waals surface area contributed by atoms with Crippen molar-refractivity contribution in [3.05, 3.63) is 29.0 Å². The Morgan fingerprint density at radius 2 is 2.18 bits per heavy atom. The first kappa shape index (κ1) is 6.85. The van der Waals surface area contributed by atoms with Gasteiger partial charge >= 0.3 is 0 Å². The third kappa shape index (κ3) is 0.959. The highest BCUT2D eigenvalue weighted by Gasteiger charge is 2.06. The Morgan fingerprint density at radius 3 is 3.00 bits per heavy atom. The van der Waals surface area contributed by atoms with Gasteiger partial charge in [-0.15, -0.1) is 0 Å². The predicted octanol–water partition coefficient (Wildman–Crippen LogP) is 1.75. The third-order valence-electron chi connectivity index (χ3n) is 1.81.